The van der Waals surface area contributed by atoms with Gasteiger partial charge in [0.05, 0.1) is 23.6 Å². The fourth-order valence-corrected chi connectivity index (χ4v) is 2.88. The van der Waals surface area contributed by atoms with Gasteiger partial charge in [0.25, 0.3) is 0 Å². The molecule has 0 fully saturated rings. The van der Waals surface area contributed by atoms with Crippen molar-refractivity contribution >= 4 is 39.5 Å². The standard InChI is InChI=1S/C16H18N6O2S/c1-11(9-25-12(2)23)16(24)18-13-7-17-21(8-13)10-22-15-6-4-3-5-14(15)19-20-22/h3-8,11H,9-10H2,1-2H3,(H,18,24). The second-order valence-corrected chi connectivity index (χ2v) is 6.88. The molecule has 1 aromatic carbocycles. The molecule has 130 valence electrons. The molecule has 25 heavy (non-hydrogen) atoms. The van der Waals surface area contributed by atoms with Gasteiger partial charge < -0.3 is 5.32 Å². The topological polar surface area (TPSA) is 94.7 Å². The Hall–Kier alpha value is -2.68. The Balaban J connectivity index is 1.62. The van der Waals surface area contributed by atoms with Gasteiger partial charge in [0.15, 0.2) is 5.12 Å². The molecule has 1 N–H and O–H groups in total. The molecule has 0 aliphatic carbocycles. The number of rotatable bonds is 6. The molecule has 3 aromatic rings. The number of para-hydroxylation sites is 1. The van der Waals surface area contributed by atoms with E-state index >= 15 is 0 Å². The van der Waals surface area contributed by atoms with Crippen LogP contribution in [0.15, 0.2) is 36.7 Å². The Morgan fingerprint density at radius 3 is 2.92 bits per heavy atom. The summed E-state index contributed by atoms with van der Waals surface area (Å²) >= 11 is 1.15. The number of amides is 1. The van der Waals surface area contributed by atoms with Crippen molar-refractivity contribution in [1.82, 2.24) is 24.8 Å². The Kier molecular flexibility index (Phi) is 5.13. The van der Waals surface area contributed by atoms with E-state index in [0.717, 1.165) is 22.8 Å². The van der Waals surface area contributed by atoms with Gasteiger partial charge in [0, 0.05) is 18.6 Å². The number of hydrogen-bond acceptors (Lipinski definition) is 6. The molecule has 9 heteroatoms. The van der Waals surface area contributed by atoms with Crippen LogP contribution in [-0.2, 0) is 16.3 Å². The average molecular weight is 358 g/mol. The van der Waals surface area contributed by atoms with Gasteiger partial charge in [-0.25, -0.2) is 9.36 Å². The van der Waals surface area contributed by atoms with Crippen molar-refractivity contribution in [2.75, 3.05) is 11.1 Å². The zero-order valence-electron chi connectivity index (χ0n) is 13.9. The molecule has 2 aromatic heterocycles. The number of nitrogens with one attached hydrogen (secondary N) is 1. The third-order valence-corrected chi connectivity index (χ3v) is 4.66. The van der Waals surface area contributed by atoms with Crippen LogP contribution in [0.3, 0.4) is 0 Å². The number of carbonyl (C=O) groups is 2. The Bertz CT molecular complexity index is 903. The first-order valence-electron chi connectivity index (χ1n) is 7.78. The van der Waals surface area contributed by atoms with Gasteiger partial charge in [-0.05, 0) is 12.1 Å². The largest absolute Gasteiger partial charge is 0.323 e. The number of hydrogen-bond donors (Lipinski definition) is 1. The summed E-state index contributed by atoms with van der Waals surface area (Å²) < 4.78 is 3.41. The summed E-state index contributed by atoms with van der Waals surface area (Å²) in [5, 5.41) is 15.3. The molecule has 3 rings (SSSR count). The summed E-state index contributed by atoms with van der Waals surface area (Å²) in [6.07, 6.45) is 3.32. The number of thioether (sulfide) groups is 1. The van der Waals surface area contributed by atoms with E-state index in [1.165, 1.54) is 6.92 Å². The lowest BCUT2D eigenvalue weighted by atomic mass is 10.2. The van der Waals surface area contributed by atoms with E-state index in [9.17, 15) is 9.59 Å². The molecule has 0 aliphatic heterocycles. The van der Waals surface area contributed by atoms with Crippen molar-refractivity contribution in [2.45, 2.75) is 20.5 Å². The number of fused-ring (bicyclic) bond motifs is 1. The summed E-state index contributed by atoms with van der Waals surface area (Å²) in [5.41, 5.74) is 2.34. The quantitative estimate of drug-likeness (QED) is 0.724. The maximum atomic E-state index is 12.1. The normalized spacial score (nSPS) is 12.2. The fraction of sp³-hybridized carbons (Fsp3) is 0.312. The second kappa shape index (κ2) is 7.47. The number of carbonyl (C=O) groups excluding carboxylic acids is 2. The van der Waals surface area contributed by atoms with Crippen LogP contribution in [0, 0.1) is 5.92 Å². The first-order chi connectivity index (χ1) is 12.0. The maximum Gasteiger partial charge on any atom is 0.228 e. The van der Waals surface area contributed by atoms with E-state index in [0.29, 0.717) is 18.1 Å². The molecule has 0 bridgehead atoms. The van der Waals surface area contributed by atoms with Crippen molar-refractivity contribution in [3.05, 3.63) is 36.7 Å². The molecule has 0 spiro atoms. The van der Waals surface area contributed by atoms with Gasteiger partial charge in [-0.1, -0.05) is 36.0 Å². The van der Waals surface area contributed by atoms with E-state index < -0.39 is 0 Å². The summed E-state index contributed by atoms with van der Waals surface area (Å²) in [6, 6.07) is 7.68. The highest BCUT2D eigenvalue weighted by Crippen LogP contribution is 2.14. The SMILES string of the molecule is CC(=O)SCC(C)C(=O)Nc1cnn(Cn2nnc3ccccc32)c1. The fourth-order valence-electron chi connectivity index (χ4n) is 2.25. The van der Waals surface area contributed by atoms with E-state index in [1.807, 2.05) is 24.3 Å². The molecule has 1 amide bonds. The molecule has 8 nitrogen and oxygen atoms in total. The molecule has 0 saturated heterocycles. The van der Waals surface area contributed by atoms with Gasteiger partial charge in [0.1, 0.15) is 12.2 Å². The van der Waals surface area contributed by atoms with E-state index in [-0.39, 0.29) is 16.9 Å². The van der Waals surface area contributed by atoms with E-state index in [4.69, 9.17) is 0 Å². The van der Waals surface area contributed by atoms with Crippen molar-refractivity contribution in [1.29, 1.82) is 0 Å². The Labute approximate surface area is 148 Å². The molecular weight excluding hydrogens is 340 g/mol. The summed E-state index contributed by atoms with van der Waals surface area (Å²) in [6.45, 7) is 3.68. The molecule has 0 aliphatic rings. The minimum atomic E-state index is -0.267. The molecule has 1 atom stereocenters. The van der Waals surface area contributed by atoms with E-state index in [2.05, 4.69) is 20.7 Å². The number of benzene rings is 1. The molecular formula is C16H18N6O2S. The highest BCUT2D eigenvalue weighted by Gasteiger charge is 2.15. The van der Waals surface area contributed by atoms with Crippen molar-refractivity contribution in [3.63, 3.8) is 0 Å². The molecule has 2 heterocycles. The van der Waals surface area contributed by atoms with Crippen molar-refractivity contribution in [3.8, 4) is 0 Å². The van der Waals surface area contributed by atoms with Crippen LogP contribution in [0.25, 0.3) is 11.0 Å². The number of aromatic nitrogens is 5. The summed E-state index contributed by atoms with van der Waals surface area (Å²) in [7, 11) is 0. The Morgan fingerprint density at radius 2 is 2.12 bits per heavy atom. The first-order valence-corrected chi connectivity index (χ1v) is 8.76. The van der Waals surface area contributed by atoms with Crippen LogP contribution in [-0.4, -0.2) is 41.5 Å². The lowest BCUT2D eigenvalue weighted by molar-refractivity contribution is -0.118. The summed E-state index contributed by atoms with van der Waals surface area (Å²) in [4.78, 5) is 23.1. The first kappa shape index (κ1) is 17.2. The molecule has 0 radical (unpaired) electrons. The maximum absolute atomic E-state index is 12.1. The van der Waals surface area contributed by atoms with Gasteiger partial charge in [0.2, 0.25) is 5.91 Å². The lowest BCUT2D eigenvalue weighted by Gasteiger charge is -2.09. The number of anilines is 1. The zero-order chi connectivity index (χ0) is 17.8. The minimum absolute atomic E-state index is 0.00697. The van der Waals surface area contributed by atoms with Crippen molar-refractivity contribution in [2.24, 2.45) is 5.92 Å². The zero-order valence-corrected chi connectivity index (χ0v) is 14.7. The number of nitrogens with zero attached hydrogens (tertiary/aromatic N) is 5. The van der Waals surface area contributed by atoms with Crippen LogP contribution < -0.4 is 5.32 Å². The lowest BCUT2D eigenvalue weighted by Crippen LogP contribution is -2.22. The molecule has 1 unspecified atom stereocenters. The van der Waals surface area contributed by atoms with Crippen molar-refractivity contribution < 1.29 is 9.59 Å². The predicted octanol–water partition coefficient (Wildman–Crippen LogP) is 1.99. The Morgan fingerprint density at radius 1 is 1.32 bits per heavy atom. The third kappa shape index (κ3) is 4.24. The molecule has 0 saturated carbocycles. The smallest absolute Gasteiger partial charge is 0.228 e. The van der Waals surface area contributed by atoms with Crippen LogP contribution >= 0.6 is 11.8 Å². The van der Waals surface area contributed by atoms with Crippen LogP contribution in [0.5, 0.6) is 0 Å². The van der Waals surface area contributed by atoms with Gasteiger partial charge in [-0.2, -0.15) is 5.10 Å². The van der Waals surface area contributed by atoms with Crippen LogP contribution in [0.1, 0.15) is 13.8 Å². The average Bonchev–Trinajstić information content (AvgIpc) is 3.20. The van der Waals surface area contributed by atoms with E-state index in [1.54, 1.807) is 28.7 Å². The van der Waals surface area contributed by atoms with Crippen LogP contribution in [0.4, 0.5) is 5.69 Å². The summed E-state index contributed by atoms with van der Waals surface area (Å²) in [5.74, 6) is 0.0521. The highest BCUT2D eigenvalue weighted by atomic mass is 32.2. The van der Waals surface area contributed by atoms with Gasteiger partial charge in [-0.3, -0.25) is 9.59 Å². The van der Waals surface area contributed by atoms with Gasteiger partial charge in [-0.15, -0.1) is 5.10 Å². The van der Waals surface area contributed by atoms with Crippen LogP contribution in [0.2, 0.25) is 0 Å². The predicted molar refractivity (Wildman–Crippen MR) is 96.1 cm³/mol. The monoisotopic (exact) mass is 358 g/mol. The third-order valence-electron chi connectivity index (χ3n) is 3.58. The van der Waals surface area contributed by atoms with Gasteiger partial charge >= 0.3 is 0 Å². The minimum Gasteiger partial charge on any atom is -0.323 e. The highest BCUT2D eigenvalue weighted by molar-refractivity contribution is 8.13. The second-order valence-electron chi connectivity index (χ2n) is 5.68.